The number of nitrogens with zero attached hydrogens (tertiary/aromatic N) is 3. The van der Waals surface area contributed by atoms with Gasteiger partial charge in [-0.05, 0) is 12.1 Å². The van der Waals surface area contributed by atoms with Gasteiger partial charge in [-0.15, -0.1) is 0 Å². The molecule has 1 aliphatic rings. The van der Waals surface area contributed by atoms with Gasteiger partial charge in [-0.1, -0.05) is 0 Å². The highest BCUT2D eigenvalue weighted by molar-refractivity contribution is 5.69. The largest absolute Gasteiger partial charge is 0.390 e. The van der Waals surface area contributed by atoms with Crippen LogP contribution in [0, 0.1) is 0 Å². The van der Waals surface area contributed by atoms with Crippen LogP contribution < -0.4 is 10.6 Å². The lowest BCUT2D eigenvalue weighted by Crippen LogP contribution is -2.32. The molecule has 1 saturated heterocycles. The Balaban J connectivity index is 2.03. The van der Waals surface area contributed by atoms with Gasteiger partial charge in [0.1, 0.15) is 0 Å². The molecule has 2 atom stereocenters. The van der Waals surface area contributed by atoms with Gasteiger partial charge in [-0.3, -0.25) is 0 Å². The summed E-state index contributed by atoms with van der Waals surface area (Å²) in [7, 11) is 0. The van der Waals surface area contributed by atoms with E-state index in [9.17, 15) is 5.11 Å². The lowest BCUT2D eigenvalue weighted by molar-refractivity contribution is 0.180. The molecule has 0 aromatic carbocycles. The number of fused-ring (bicyclic) bond motifs is 1. The first-order valence-corrected chi connectivity index (χ1v) is 5.36. The maximum absolute atomic E-state index is 9.65. The number of β-amino-alcohol motifs (C(OH)–C–C–N with tert-alkyl or cyclic N) is 1. The molecule has 84 valence electrons. The van der Waals surface area contributed by atoms with Crippen LogP contribution in [0.1, 0.15) is 0 Å². The smallest absolute Gasteiger partial charge is 0.153 e. The van der Waals surface area contributed by atoms with E-state index in [1.807, 2.05) is 33.8 Å². The van der Waals surface area contributed by atoms with Crippen LogP contribution in [0.2, 0.25) is 0 Å². The maximum Gasteiger partial charge on any atom is 0.153 e. The Morgan fingerprint density at radius 3 is 3.00 bits per heavy atom. The molecule has 0 amide bonds. The summed E-state index contributed by atoms with van der Waals surface area (Å²) in [4.78, 5) is 6.40. The second kappa shape index (κ2) is 3.47. The van der Waals surface area contributed by atoms with Gasteiger partial charge in [0.2, 0.25) is 0 Å². The van der Waals surface area contributed by atoms with Crippen LogP contribution in [-0.4, -0.2) is 39.7 Å². The first kappa shape index (κ1) is 9.62. The first-order valence-electron chi connectivity index (χ1n) is 5.36. The van der Waals surface area contributed by atoms with E-state index in [1.54, 1.807) is 6.20 Å². The summed E-state index contributed by atoms with van der Waals surface area (Å²) in [6, 6.07) is 3.81. The van der Waals surface area contributed by atoms with E-state index >= 15 is 0 Å². The Kier molecular flexibility index (Phi) is 2.08. The summed E-state index contributed by atoms with van der Waals surface area (Å²) in [5.41, 5.74) is 6.84. The van der Waals surface area contributed by atoms with Crippen LogP contribution >= 0.6 is 0 Å². The molecule has 3 heterocycles. The zero-order valence-corrected chi connectivity index (χ0v) is 8.82. The molecule has 5 heteroatoms. The van der Waals surface area contributed by atoms with Crippen LogP contribution in [0.25, 0.3) is 5.52 Å². The van der Waals surface area contributed by atoms with Crippen molar-refractivity contribution in [2.45, 2.75) is 12.1 Å². The first-order chi connectivity index (χ1) is 7.75. The monoisotopic (exact) mass is 218 g/mol. The van der Waals surface area contributed by atoms with E-state index in [0.717, 1.165) is 11.3 Å². The second-order valence-electron chi connectivity index (χ2n) is 4.19. The molecule has 2 unspecified atom stereocenters. The fraction of sp³-hybridized carbons (Fsp3) is 0.364. The lowest BCUT2D eigenvalue weighted by atomic mass is 10.2. The highest BCUT2D eigenvalue weighted by Gasteiger charge is 2.29. The van der Waals surface area contributed by atoms with Crippen LogP contribution in [0.4, 0.5) is 5.82 Å². The van der Waals surface area contributed by atoms with E-state index in [-0.39, 0.29) is 6.04 Å². The summed E-state index contributed by atoms with van der Waals surface area (Å²) in [6.45, 7) is 1.21. The normalized spacial score (nSPS) is 25.5. The van der Waals surface area contributed by atoms with Crippen molar-refractivity contribution in [3.8, 4) is 0 Å². The van der Waals surface area contributed by atoms with Crippen molar-refractivity contribution in [3.63, 3.8) is 0 Å². The number of aliphatic hydroxyl groups excluding tert-OH is 1. The van der Waals surface area contributed by atoms with E-state index in [4.69, 9.17) is 5.73 Å². The predicted octanol–water partition coefficient (Wildman–Crippen LogP) is -0.158. The average molecular weight is 218 g/mol. The van der Waals surface area contributed by atoms with Gasteiger partial charge in [-0.25, -0.2) is 4.98 Å². The van der Waals surface area contributed by atoms with Gasteiger partial charge in [0.25, 0.3) is 0 Å². The van der Waals surface area contributed by atoms with Crippen LogP contribution in [0.15, 0.2) is 30.7 Å². The Hall–Kier alpha value is -1.59. The molecule has 16 heavy (non-hydrogen) atoms. The van der Waals surface area contributed by atoms with E-state index < -0.39 is 6.10 Å². The molecular weight excluding hydrogens is 204 g/mol. The minimum atomic E-state index is -0.461. The molecule has 0 spiro atoms. The number of hydrogen-bond acceptors (Lipinski definition) is 4. The highest BCUT2D eigenvalue weighted by atomic mass is 16.3. The highest BCUT2D eigenvalue weighted by Crippen LogP contribution is 2.22. The average Bonchev–Trinajstić information content (AvgIpc) is 2.85. The van der Waals surface area contributed by atoms with Gasteiger partial charge < -0.3 is 20.1 Å². The third kappa shape index (κ3) is 1.36. The molecule has 2 aromatic rings. The Labute approximate surface area is 93.1 Å². The van der Waals surface area contributed by atoms with E-state index in [1.165, 1.54) is 0 Å². The minimum absolute atomic E-state index is 0.183. The minimum Gasteiger partial charge on any atom is -0.390 e. The molecule has 3 rings (SSSR count). The summed E-state index contributed by atoms with van der Waals surface area (Å²) in [5, 5.41) is 9.65. The third-order valence-corrected chi connectivity index (χ3v) is 3.06. The number of rotatable bonds is 1. The summed E-state index contributed by atoms with van der Waals surface area (Å²) < 4.78 is 2.01. The van der Waals surface area contributed by atoms with Crippen LogP contribution in [0.5, 0.6) is 0 Å². The molecule has 0 bridgehead atoms. The number of nitrogens with two attached hydrogens (primary N) is 1. The fourth-order valence-electron chi connectivity index (χ4n) is 2.18. The third-order valence-electron chi connectivity index (χ3n) is 3.06. The van der Waals surface area contributed by atoms with Gasteiger partial charge in [0.05, 0.1) is 11.6 Å². The standard InChI is InChI=1S/C11H14N4O/c12-8-6-15(7-10(8)16)11-9-2-1-4-14(9)5-3-13-11/h1-5,8,10,16H,6-7,12H2. The quantitative estimate of drug-likeness (QED) is 0.698. The molecule has 1 fully saturated rings. The van der Waals surface area contributed by atoms with Crippen molar-refractivity contribution < 1.29 is 5.11 Å². The molecule has 0 radical (unpaired) electrons. The fourth-order valence-corrected chi connectivity index (χ4v) is 2.18. The van der Waals surface area contributed by atoms with Crippen molar-refractivity contribution >= 4 is 11.3 Å². The Bertz CT molecular complexity index is 499. The van der Waals surface area contributed by atoms with Crippen molar-refractivity contribution in [2.75, 3.05) is 18.0 Å². The topological polar surface area (TPSA) is 66.8 Å². The maximum atomic E-state index is 9.65. The van der Waals surface area contributed by atoms with Gasteiger partial charge in [-0.2, -0.15) is 0 Å². The van der Waals surface area contributed by atoms with Crippen LogP contribution in [0.3, 0.4) is 0 Å². The van der Waals surface area contributed by atoms with E-state index in [2.05, 4.69) is 4.98 Å². The number of aromatic nitrogens is 2. The second-order valence-corrected chi connectivity index (χ2v) is 4.19. The molecule has 2 aromatic heterocycles. The zero-order chi connectivity index (χ0) is 11.1. The number of hydrogen-bond donors (Lipinski definition) is 2. The summed E-state index contributed by atoms with van der Waals surface area (Å²) in [5.74, 6) is 0.888. The summed E-state index contributed by atoms with van der Waals surface area (Å²) >= 11 is 0. The van der Waals surface area contributed by atoms with Crippen molar-refractivity contribution in [3.05, 3.63) is 30.7 Å². The molecule has 3 N–H and O–H groups in total. The molecule has 1 aliphatic heterocycles. The zero-order valence-electron chi connectivity index (χ0n) is 8.82. The molecule has 0 saturated carbocycles. The molecule has 0 aliphatic carbocycles. The van der Waals surface area contributed by atoms with Crippen molar-refractivity contribution in [1.82, 2.24) is 9.38 Å². The van der Waals surface area contributed by atoms with Gasteiger partial charge >= 0.3 is 0 Å². The number of aliphatic hydroxyl groups is 1. The van der Waals surface area contributed by atoms with Gasteiger partial charge in [0.15, 0.2) is 5.82 Å². The predicted molar refractivity (Wildman–Crippen MR) is 61.4 cm³/mol. The Morgan fingerprint density at radius 2 is 2.25 bits per heavy atom. The van der Waals surface area contributed by atoms with Gasteiger partial charge in [0, 0.05) is 37.7 Å². The lowest BCUT2D eigenvalue weighted by Gasteiger charge is -2.17. The number of anilines is 1. The Morgan fingerprint density at radius 1 is 1.38 bits per heavy atom. The van der Waals surface area contributed by atoms with Crippen LogP contribution in [-0.2, 0) is 0 Å². The molecule has 5 nitrogen and oxygen atoms in total. The van der Waals surface area contributed by atoms with Crippen molar-refractivity contribution in [2.24, 2.45) is 5.73 Å². The summed E-state index contributed by atoms with van der Waals surface area (Å²) in [6.07, 6.45) is 5.19. The van der Waals surface area contributed by atoms with Crippen molar-refractivity contribution in [1.29, 1.82) is 0 Å². The van der Waals surface area contributed by atoms with E-state index in [0.29, 0.717) is 13.1 Å². The SMILES string of the molecule is NC1CN(c2nccn3cccc23)CC1O. The molecular formula is C11H14N4O.